The maximum absolute atomic E-state index is 5.78. The van der Waals surface area contributed by atoms with E-state index in [0.29, 0.717) is 5.92 Å². The molecule has 1 aliphatic heterocycles. The minimum absolute atomic E-state index is 0.0760. The molecule has 2 aliphatic rings. The van der Waals surface area contributed by atoms with E-state index < -0.39 is 0 Å². The monoisotopic (exact) mass is 442 g/mol. The third kappa shape index (κ3) is 5.07. The van der Waals surface area contributed by atoms with Crippen LogP contribution in [0.3, 0.4) is 0 Å². The summed E-state index contributed by atoms with van der Waals surface area (Å²) in [4.78, 5) is 5.20. The zero-order valence-electron chi connectivity index (χ0n) is 20.0. The Hall–Kier alpha value is -2.19. The first-order valence-corrected chi connectivity index (χ1v) is 12.1. The molecular formula is C24H38N6O2. The number of tetrazole rings is 1. The molecule has 2 aromatic rings. The Morgan fingerprint density at radius 3 is 2.44 bits per heavy atom. The Morgan fingerprint density at radius 2 is 1.78 bits per heavy atom. The van der Waals surface area contributed by atoms with Gasteiger partial charge >= 0.3 is 0 Å². The summed E-state index contributed by atoms with van der Waals surface area (Å²) in [5, 5.41) is 12.9. The van der Waals surface area contributed by atoms with E-state index in [1.165, 1.54) is 25.7 Å². The fourth-order valence-corrected chi connectivity index (χ4v) is 5.13. The van der Waals surface area contributed by atoms with Gasteiger partial charge in [0.25, 0.3) is 0 Å². The van der Waals surface area contributed by atoms with Crippen molar-refractivity contribution >= 4 is 0 Å². The lowest BCUT2D eigenvalue weighted by Gasteiger charge is -2.41. The number of rotatable bonds is 9. The van der Waals surface area contributed by atoms with Crippen LogP contribution in [-0.4, -0.2) is 76.4 Å². The van der Waals surface area contributed by atoms with Gasteiger partial charge < -0.3 is 9.47 Å². The lowest BCUT2D eigenvalue weighted by molar-refractivity contribution is 0.0761. The van der Waals surface area contributed by atoms with E-state index in [9.17, 15) is 0 Å². The van der Waals surface area contributed by atoms with Crippen molar-refractivity contribution in [2.24, 2.45) is 5.92 Å². The van der Waals surface area contributed by atoms with Gasteiger partial charge in [0.15, 0.2) is 5.82 Å². The van der Waals surface area contributed by atoms with E-state index >= 15 is 0 Å². The first-order valence-electron chi connectivity index (χ1n) is 12.1. The Balaban J connectivity index is 1.65. The van der Waals surface area contributed by atoms with Gasteiger partial charge in [-0.05, 0) is 53.8 Å². The van der Waals surface area contributed by atoms with Crippen LogP contribution >= 0.6 is 0 Å². The third-order valence-electron chi connectivity index (χ3n) is 7.01. The molecule has 1 saturated carbocycles. The fraction of sp³-hybridized carbons (Fsp3) is 0.708. The minimum atomic E-state index is -0.0760. The quantitative estimate of drug-likeness (QED) is 0.590. The molecule has 1 aliphatic carbocycles. The molecule has 0 N–H and O–H groups in total. The molecule has 2 fully saturated rings. The van der Waals surface area contributed by atoms with Gasteiger partial charge in [0.2, 0.25) is 0 Å². The molecule has 2 heterocycles. The van der Waals surface area contributed by atoms with Crippen molar-refractivity contribution in [1.29, 1.82) is 0 Å². The molecule has 32 heavy (non-hydrogen) atoms. The molecule has 0 unspecified atom stereocenters. The van der Waals surface area contributed by atoms with Gasteiger partial charge in [-0.15, -0.1) is 5.10 Å². The van der Waals surface area contributed by atoms with Crippen molar-refractivity contribution < 1.29 is 9.47 Å². The van der Waals surface area contributed by atoms with Crippen molar-refractivity contribution in [3.8, 4) is 11.5 Å². The number of nitrogens with zero attached hydrogens (tertiary/aromatic N) is 6. The molecule has 1 saturated heterocycles. The summed E-state index contributed by atoms with van der Waals surface area (Å²) in [5.41, 5.74) is 1.06. The van der Waals surface area contributed by atoms with Crippen molar-refractivity contribution in [1.82, 2.24) is 30.0 Å². The average Bonchev–Trinajstić information content (AvgIpc) is 3.51. The van der Waals surface area contributed by atoms with E-state index in [0.717, 1.165) is 68.1 Å². The average molecular weight is 443 g/mol. The smallest absolute Gasteiger partial charge is 0.173 e. The Bertz CT molecular complexity index is 856. The highest BCUT2D eigenvalue weighted by molar-refractivity contribution is 5.44. The summed E-state index contributed by atoms with van der Waals surface area (Å²) in [6, 6.07) is 6.69. The highest BCUT2D eigenvalue weighted by Crippen LogP contribution is 2.37. The van der Waals surface area contributed by atoms with Gasteiger partial charge in [-0.3, -0.25) is 9.80 Å². The highest BCUT2D eigenvalue weighted by atomic mass is 16.5. The topological polar surface area (TPSA) is 68.5 Å². The lowest BCUT2D eigenvalue weighted by Crippen LogP contribution is -2.51. The summed E-state index contributed by atoms with van der Waals surface area (Å²) in [6.07, 6.45) is 6.48. The molecule has 0 bridgehead atoms. The molecule has 0 spiro atoms. The summed E-state index contributed by atoms with van der Waals surface area (Å²) >= 11 is 0. The number of ether oxygens (including phenoxy) is 2. The Labute approximate surface area is 191 Å². The van der Waals surface area contributed by atoms with E-state index in [1.807, 2.05) is 16.8 Å². The van der Waals surface area contributed by atoms with Gasteiger partial charge in [-0.2, -0.15) is 0 Å². The van der Waals surface area contributed by atoms with Gasteiger partial charge in [0.1, 0.15) is 17.5 Å². The van der Waals surface area contributed by atoms with Crippen LogP contribution < -0.4 is 9.47 Å². The van der Waals surface area contributed by atoms with E-state index in [4.69, 9.17) is 9.47 Å². The molecule has 8 nitrogen and oxygen atoms in total. The van der Waals surface area contributed by atoms with Crippen LogP contribution in [0, 0.1) is 5.92 Å². The lowest BCUT2D eigenvalue weighted by atomic mass is 10.0. The molecule has 0 amide bonds. The largest absolute Gasteiger partial charge is 0.497 e. The zero-order valence-corrected chi connectivity index (χ0v) is 20.0. The van der Waals surface area contributed by atoms with Gasteiger partial charge in [-0.1, -0.05) is 26.7 Å². The van der Waals surface area contributed by atoms with Crippen LogP contribution in [0.2, 0.25) is 0 Å². The first kappa shape index (κ1) is 23.0. The maximum atomic E-state index is 5.78. The van der Waals surface area contributed by atoms with E-state index in [2.05, 4.69) is 45.2 Å². The summed E-state index contributed by atoms with van der Waals surface area (Å²) in [6.45, 7) is 9.41. The zero-order chi connectivity index (χ0) is 22.5. The summed E-state index contributed by atoms with van der Waals surface area (Å²) < 4.78 is 13.3. The van der Waals surface area contributed by atoms with Crippen LogP contribution in [-0.2, 0) is 6.54 Å². The standard InChI is InChI=1S/C24H38N6O2/c1-18(2)11-12-30-24(25-26-27-30)23(21-17-20(31-3)9-10-22(21)32-4)29-15-13-28(14-16-29)19-7-5-6-8-19/h9-10,17-19,23H,5-8,11-16H2,1-4H3/t23-/m0/s1. The van der Waals surface area contributed by atoms with Gasteiger partial charge in [-0.25, -0.2) is 4.68 Å². The number of hydrogen-bond donors (Lipinski definition) is 0. The maximum Gasteiger partial charge on any atom is 0.173 e. The third-order valence-corrected chi connectivity index (χ3v) is 7.01. The second-order valence-electron chi connectivity index (χ2n) is 9.46. The Morgan fingerprint density at radius 1 is 1.03 bits per heavy atom. The van der Waals surface area contributed by atoms with Gasteiger partial charge in [0.05, 0.1) is 14.2 Å². The molecule has 0 radical (unpaired) electrons. The van der Waals surface area contributed by atoms with Crippen LogP contribution in [0.1, 0.15) is 63.4 Å². The van der Waals surface area contributed by atoms with Gasteiger partial charge in [0, 0.05) is 44.3 Å². The fourth-order valence-electron chi connectivity index (χ4n) is 5.13. The van der Waals surface area contributed by atoms with E-state index in [-0.39, 0.29) is 6.04 Å². The molecule has 1 aromatic heterocycles. The molecular weight excluding hydrogens is 404 g/mol. The van der Waals surface area contributed by atoms with Crippen molar-refractivity contribution in [2.75, 3.05) is 40.4 Å². The predicted molar refractivity (Wildman–Crippen MR) is 124 cm³/mol. The Kier molecular flexibility index (Phi) is 7.63. The second kappa shape index (κ2) is 10.6. The van der Waals surface area contributed by atoms with Crippen molar-refractivity contribution in [3.05, 3.63) is 29.6 Å². The minimum Gasteiger partial charge on any atom is -0.497 e. The number of methoxy groups -OCH3 is 2. The number of benzene rings is 1. The molecule has 176 valence electrons. The van der Waals surface area contributed by atoms with E-state index in [1.54, 1.807) is 14.2 Å². The predicted octanol–water partition coefficient (Wildman–Crippen LogP) is 3.39. The molecule has 4 rings (SSSR count). The number of aryl methyl sites for hydroxylation is 1. The second-order valence-corrected chi connectivity index (χ2v) is 9.46. The normalized spacial score (nSPS) is 19.5. The number of aromatic nitrogens is 4. The number of hydrogen-bond acceptors (Lipinski definition) is 7. The number of piperazine rings is 1. The van der Waals surface area contributed by atoms with Crippen molar-refractivity contribution in [2.45, 2.75) is 64.6 Å². The SMILES string of the molecule is COc1ccc(OC)c([C@@H](c2nnnn2CCC(C)C)N2CCN(C3CCCC3)CC2)c1. The highest BCUT2D eigenvalue weighted by Gasteiger charge is 2.34. The molecule has 8 heteroatoms. The van der Waals surface area contributed by atoms with Crippen LogP contribution in [0.15, 0.2) is 18.2 Å². The molecule has 1 aromatic carbocycles. The first-order chi connectivity index (χ1) is 15.6. The molecule has 1 atom stereocenters. The van der Waals surface area contributed by atoms with Crippen LogP contribution in [0.5, 0.6) is 11.5 Å². The van der Waals surface area contributed by atoms with Crippen LogP contribution in [0.25, 0.3) is 0 Å². The van der Waals surface area contributed by atoms with Crippen LogP contribution in [0.4, 0.5) is 0 Å². The summed E-state index contributed by atoms with van der Waals surface area (Å²) in [7, 11) is 3.43. The van der Waals surface area contributed by atoms with Crippen molar-refractivity contribution in [3.63, 3.8) is 0 Å². The summed E-state index contributed by atoms with van der Waals surface area (Å²) in [5.74, 6) is 3.13.